The van der Waals surface area contributed by atoms with Gasteiger partial charge in [0.2, 0.25) is 6.79 Å². The number of hydrogen-bond donors (Lipinski definition) is 1. The molecule has 1 N–H and O–H groups in total. The minimum absolute atomic E-state index is 0.233. The molecule has 0 atom stereocenters. The Hall–Kier alpha value is -2.24. The van der Waals surface area contributed by atoms with Gasteiger partial charge in [-0.15, -0.1) is 0 Å². The lowest BCUT2D eigenvalue weighted by molar-refractivity contribution is 0.152. The molecule has 0 fully saturated rings. The first kappa shape index (κ1) is 11.3. The number of fused-ring (bicyclic) bond motifs is 1. The van der Waals surface area contributed by atoms with Crippen LogP contribution in [0, 0.1) is 0 Å². The molecule has 1 aliphatic rings. The van der Waals surface area contributed by atoms with Gasteiger partial charge in [-0.2, -0.15) is 5.10 Å². The highest BCUT2D eigenvalue weighted by molar-refractivity contribution is 5.82. The zero-order valence-electron chi connectivity index (χ0n) is 9.30. The summed E-state index contributed by atoms with van der Waals surface area (Å²) in [5.41, 5.74) is 3.03. The maximum absolute atomic E-state index is 10.9. The molecule has 0 aliphatic carbocycles. The van der Waals surface area contributed by atoms with Gasteiger partial charge in [-0.1, -0.05) is 0 Å². The molecular formula is C11H12N2O4. The number of carbonyl (C=O) groups excluding carboxylic acids is 1. The lowest BCUT2D eigenvalue weighted by atomic mass is 10.2. The Morgan fingerprint density at radius 2 is 2.35 bits per heavy atom. The van der Waals surface area contributed by atoms with Gasteiger partial charge in [0.05, 0.1) is 12.8 Å². The van der Waals surface area contributed by atoms with Crippen molar-refractivity contribution >= 4 is 12.3 Å². The molecule has 0 bridgehead atoms. The van der Waals surface area contributed by atoms with Gasteiger partial charge in [0.25, 0.3) is 0 Å². The van der Waals surface area contributed by atoms with Crippen molar-refractivity contribution in [2.75, 3.05) is 13.4 Å². The van der Waals surface area contributed by atoms with E-state index in [0.717, 1.165) is 5.56 Å². The third-order valence-electron chi connectivity index (χ3n) is 2.04. The second kappa shape index (κ2) is 5.20. The van der Waals surface area contributed by atoms with E-state index < -0.39 is 6.09 Å². The van der Waals surface area contributed by atoms with Gasteiger partial charge in [0.15, 0.2) is 11.5 Å². The SMILES string of the molecule is CCOC(=O)NN=Cc1ccc2c(c1)OCO2. The number of rotatable bonds is 3. The van der Waals surface area contributed by atoms with E-state index in [0.29, 0.717) is 18.1 Å². The van der Waals surface area contributed by atoms with Crippen LogP contribution >= 0.6 is 0 Å². The lowest BCUT2D eigenvalue weighted by Crippen LogP contribution is -2.18. The van der Waals surface area contributed by atoms with Gasteiger partial charge in [-0.3, -0.25) is 0 Å². The summed E-state index contributed by atoms with van der Waals surface area (Å²) in [7, 11) is 0. The van der Waals surface area contributed by atoms with E-state index in [-0.39, 0.29) is 6.79 Å². The first-order valence-electron chi connectivity index (χ1n) is 5.15. The maximum atomic E-state index is 10.9. The maximum Gasteiger partial charge on any atom is 0.427 e. The Labute approximate surface area is 98.2 Å². The highest BCUT2D eigenvalue weighted by Gasteiger charge is 2.12. The van der Waals surface area contributed by atoms with Gasteiger partial charge in [0, 0.05) is 0 Å². The zero-order valence-corrected chi connectivity index (χ0v) is 9.30. The van der Waals surface area contributed by atoms with Crippen LogP contribution in [0.15, 0.2) is 23.3 Å². The second-order valence-electron chi connectivity index (χ2n) is 3.20. The van der Waals surface area contributed by atoms with Crippen LogP contribution in [0.3, 0.4) is 0 Å². The molecule has 1 aromatic carbocycles. The summed E-state index contributed by atoms with van der Waals surface area (Å²) in [6.45, 7) is 2.27. The van der Waals surface area contributed by atoms with Crippen LogP contribution < -0.4 is 14.9 Å². The fraction of sp³-hybridized carbons (Fsp3) is 0.273. The molecular weight excluding hydrogens is 224 g/mol. The monoisotopic (exact) mass is 236 g/mol. The van der Waals surface area contributed by atoms with E-state index in [2.05, 4.69) is 15.3 Å². The molecule has 0 spiro atoms. The highest BCUT2D eigenvalue weighted by Crippen LogP contribution is 2.31. The summed E-state index contributed by atoms with van der Waals surface area (Å²) >= 11 is 0. The topological polar surface area (TPSA) is 69.2 Å². The summed E-state index contributed by atoms with van der Waals surface area (Å²) in [6.07, 6.45) is 0.920. The quantitative estimate of drug-likeness (QED) is 0.637. The Balaban J connectivity index is 1.95. The number of ether oxygens (including phenoxy) is 3. The Bertz CT molecular complexity index is 445. The summed E-state index contributed by atoms with van der Waals surface area (Å²) in [6, 6.07) is 5.37. The fourth-order valence-electron chi connectivity index (χ4n) is 1.32. The molecule has 0 unspecified atom stereocenters. The molecule has 90 valence electrons. The smallest absolute Gasteiger partial charge is 0.427 e. The molecule has 6 heteroatoms. The van der Waals surface area contributed by atoms with E-state index in [1.54, 1.807) is 19.1 Å². The summed E-state index contributed by atoms with van der Waals surface area (Å²) in [5, 5.41) is 3.74. The molecule has 6 nitrogen and oxygen atoms in total. The molecule has 0 radical (unpaired) electrons. The van der Waals surface area contributed by atoms with Crippen LogP contribution in [0.5, 0.6) is 11.5 Å². The number of nitrogens with zero attached hydrogens (tertiary/aromatic N) is 1. The van der Waals surface area contributed by atoms with Crippen molar-refractivity contribution in [1.29, 1.82) is 0 Å². The van der Waals surface area contributed by atoms with Gasteiger partial charge >= 0.3 is 6.09 Å². The third kappa shape index (κ3) is 2.87. The molecule has 0 saturated heterocycles. The van der Waals surface area contributed by atoms with Crippen molar-refractivity contribution in [3.05, 3.63) is 23.8 Å². The van der Waals surface area contributed by atoms with Crippen molar-refractivity contribution in [2.45, 2.75) is 6.92 Å². The van der Waals surface area contributed by atoms with Crippen molar-refractivity contribution in [2.24, 2.45) is 5.10 Å². The minimum atomic E-state index is -0.579. The molecule has 17 heavy (non-hydrogen) atoms. The zero-order chi connectivity index (χ0) is 12.1. The molecule has 0 aromatic heterocycles. The standard InChI is InChI=1S/C11H12N2O4/c1-2-15-11(14)13-12-6-8-3-4-9-10(5-8)17-7-16-9/h3-6H,2,7H2,1H3,(H,13,14). The molecule has 0 saturated carbocycles. The normalized spacial score (nSPS) is 12.8. The van der Waals surface area contributed by atoms with Crippen molar-refractivity contribution < 1.29 is 19.0 Å². The summed E-state index contributed by atoms with van der Waals surface area (Å²) in [5.74, 6) is 1.38. The molecule has 1 aromatic rings. The first-order valence-corrected chi connectivity index (χ1v) is 5.15. The van der Waals surface area contributed by atoms with Crippen LogP contribution in [0.2, 0.25) is 0 Å². The number of nitrogens with one attached hydrogen (secondary N) is 1. The van der Waals surface area contributed by atoms with Gasteiger partial charge < -0.3 is 14.2 Å². The van der Waals surface area contributed by atoms with Crippen LogP contribution in [0.4, 0.5) is 4.79 Å². The van der Waals surface area contributed by atoms with Crippen LogP contribution in [0.25, 0.3) is 0 Å². The minimum Gasteiger partial charge on any atom is -0.454 e. The fourth-order valence-corrected chi connectivity index (χ4v) is 1.32. The van der Waals surface area contributed by atoms with Crippen LogP contribution in [0.1, 0.15) is 12.5 Å². The van der Waals surface area contributed by atoms with E-state index in [1.165, 1.54) is 6.21 Å². The molecule has 1 heterocycles. The number of carbonyl (C=O) groups is 1. The average Bonchev–Trinajstić information content (AvgIpc) is 2.76. The predicted molar refractivity (Wildman–Crippen MR) is 60.3 cm³/mol. The van der Waals surface area contributed by atoms with Crippen LogP contribution in [-0.2, 0) is 4.74 Å². The van der Waals surface area contributed by atoms with Gasteiger partial charge in [0.1, 0.15) is 0 Å². The molecule has 1 amide bonds. The van der Waals surface area contributed by atoms with Gasteiger partial charge in [-0.05, 0) is 30.7 Å². The van der Waals surface area contributed by atoms with E-state index in [4.69, 9.17) is 9.47 Å². The van der Waals surface area contributed by atoms with Crippen molar-refractivity contribution in [1.82, 2.24) is 5.43 Å². The van der Waals surface area contributed by atoms with Crippen LogP contribution in [-0.4, -0.2) is 25.7 Å². The van der Waals surface area contributed by atoms with Crippen molar-refractivity contribution in [3.63, 3.8) is 0 Å². The van der Waals surface area contributed by atoms with Crippen molar-refractivity contribution in [3.8, 4) is 11.5 Å². The number of hydrazone groups is 1. The highest BCUT2D eigenvalue weighted by atomic mass is 16.7. The van der Waals surface area contributed by atoms with E-state index in [1.807, 2.05) is 6.07 Å². The predicted octanol–water partition coefficient (Wildman–Crippen LogP) is 1.50. The number of benzene rings is 1. The van der Waals surface area contributed by atoms with E-state index in [9.17, 15) is 4.79 Å². The number of amides is 1. The van der Waals surface area contributed by atoms with Gasteiger partial charge in [-0.25, -0.2) is 10.2 Å². The summed E-state index contributed by atoms with van der Waals surface area (Å²) < 4.78 is 15.0. The van der Waals surface area contributed by atoms with E-state index >= 15 is 0 Å². The second-order valence-corrected chi connectivity index (χ2v) is 3.20. The molecule has 2 rings (SSSR count). The number of hydrogen-bond acceptors (Lipinski definition) is 5. The first-order chi connectivity index (χ1) is 8.29. The Kier molecular flexibility index (Phi) is 3.44. The third-order valence-corrected chi connectivity index (χ3v) is 2.04. The Morgan fingerprint density at radius 1 is 1.53 bits per heavy atom. The molecule has 1 aliphatic heterocycles. The largest absolute Gasteiger partial charge is 0.454 e. The summed E-state index contributed by atoms with van der Waals surface area (Å²) in [4.78, 5) is 10.9. The lowest BCUT2D eigenvalue weighted by Gasteiger charge is -1.99. The Morgan fingerprint density at radius 3 is 3.18 bits per heavy atom. The average molecular weight is 236 g/mol.